The van der Waals surface area contributed by atoms with Crippen LogP contribution < -0.4 is 15.5 Å². The largest absolute Gasteiger partial charge is 0.378 e. The molecule has 0 atom stereocenters. The number of nitrogens with one attached hydrogen (secondary N) is 2. The molecule has 0 bridgehead atoms. The van der Waals surface area contributed by atoms with Crippen LogP contribution in [0.1, 0.15) is 5.69 Å². The highest BCUT2D eigenvalue weighted by Gasteiger charge is 2.18. The van der Waals surface area contributed by atoms with E-state index in [9.17, 15) is 0 Å². The number of morpholine rings is 1. The molecule has 3 aromatic heterocycles. The van der Waals surface area contributed by atoms with Gasteiger partial charge in [0.2, 0.25) is 0 Å². The minimum Gasteiger partial charge on any atom is -0.378 e. The lowest BCUT2D eigenvalue weighted by Crippen LogP contribution is -2.36. The number of pyridine rings is 1. The first-order chi connectivity index (χ1) is 18.2. The summed E-state index contributed by atoms with van der Waals surface area (Å²) in [6, 6.07) is 20.0. The molecule has 1 saturated heterocycles. The van der Waals surface area contributed by atoms with Crippen molar-refractivity contribution >= 4 is 39.9 Å². The summed E-state index contributed by atoms with van der Waals surface area (Å²) in [7, 11) is 1.97. The maximum absolute atomic E-state index is 5.47. The number of rotatable bonds is 6. The highest BCUT2D eigenvalue weighted by molar-refractivity contribution is 5.94. The van der Waals surface area contributed by atoms with Gasteiger partial charge in [0.15, 0.2) is 11.6 Å². The number of nitrogens with zero attached hydrogens (tertiary/aromatic N) is 6. The van der Waals surface area contributed by atoms with Gasteiger partial charge in [-0.25, -0.2) is 19.9 Å². The van der Waals surface area contributed by atoms with Crippen LogP contribution >= 0.6 is 0 Å². The molecule has 1 radical (unpaired) electrons. The predicted octanol–water partition coefficient (Wildman–Crippen LogP) is 4.93. The van der Waals surface area contributed by atoms with Crippen LogP contribution in [0.25, 0.3) is 22.3 Å². The average molecular weight is 492 g/mol. The molecule has 9 nitrogen and oxygen atoms in total. The Kier molecular flexibility index (Phi) is 6.11. The van der Waals surface area contributed by atoms with Gasteiger partial charge >= 0.3 is 0 Å². The second-order valence-corrected chi connectivity index (χ2v) is 8.86. The Labute approximate surface area is 215 Å². The average Bonchev–Trinajstić information content (AvgIpc) is 3.33. The second-order valence-electron chi connectivity index (χ2n) is 8.86. The van der Waals surface area contributed by atoms with Crippen molar-refractivity contribution < 1.29 is 4.74 Å². The molecule has 185 valence electrons. The zero-order valence-electron chi connectivity index (χ0n) is 20.6. The molecule has 1 aliphatic rings. The van der Waals surface area contributed by atoms with Crippen molar-refractivity contribution in [2.45, 2.75) is 0 Å². The summed E-state index contributed by atoms with van der Waals surface area (Å²) in [5, 5.41) is 6.73. The van der Waals surface area contributed by atoms with Crippen molar-refractivity contribution in [1.29, 1.82) is 0 Å². The van der Waals surface area contributed by atoms with Crippen molar-refractivity contribution in [3.05, 3.63) is 85.8 Å². The molecule has 1 aliphatic heterocycles. The van der Waals surface area contributed by atoms with Crippen LogP contribution in [-0.4, -0.2) is 50.8 Å². The van der Waals surface area contributed by atoms with Crippen LogP contribution in [0, 0.1) is 6.92 Å². The third-order valence-corrected chi connectivity index (χ3v) is 6.40. The van der Waals surface area contributed by atoms with Gasteiger partial charge in [0.25, 0.3) is 0 Å². The number of para-hydroxylation sites is 1. The first kappa shape index (κ1) is 22.9. The van der Waals surface area contributed by atoms with E-state index in [2.05, 4.69) is 44.6 Å². The summed E-state index contributed by atoms with van der Waals surface area (Å²) < 4.78 is 7.45. The number of benzene rings is 2. The Morgan fingerprint density at radius 3 is 2.49 bits per heavy atom. The van der Waals surface area contributed by atoms with E-state index >= 15 is 0 Å². The number of aromatic nitrogens is 5. The van der Waals surface area contributed by atoms with E-state index in [1.54, 1.807) is 12.5 Å². The van der Waals surface area contributed by atoms with Crippen molar-refractivity contribution in [1.82, 2.24) is 24.5 Å². The van der Waals surface area contributed by atoms with Gasteiger partial charge in [-0.3, -0.25) is 0 Å². The second kappa shape index (κ2) is 9.87. The van der Waals surface area contributed by atoms with Gasteiger partial charge in [0.1, 0.15) is 11.5 Å². The Balaban J connectivity index is 1.37. The van der Waals surface area contributed by atoms with Crippen LogP contribution in [0.3, 0.4) is 0 Å². The molecule has 9 heteroatoms. The monoisotopic (exact) mass is 491 g/mol. The van der Waals surface area contributed by atoms with E-state index in [4.69, 9.17) is 14.7 Å². The normalized spacial score (nSPS) is 13.6. The van der Waals surface area contributed by atoms with Gasteiger partial charge in [-0.15, -0.1) is 0 Å². The third-order valence-electron chi connectivity index (χ3n) is 6.40. The molecule has 1 fully saturated rings. The number of hydrogen-bond donors (Lipinski definition) is 2. The Morgan fingerprint density at radius 1 is 0.865 bits per heavy atom. The molecule has 0 amide bonds. The van der Waals surface area contributed by atoms with E-state index in [-0.39, 0.29) is 0 Å². The summed E-state index contributed by atoms with van der Waals surface area (Å²) >= 11 is 0. The van der Waals surface area contributed by atoms with Gasteiger partial charge in [-0.2, -0.15) is 0 Å². The summed E-state index contributed by atoms with van der Waals surface area (Å²) in [6.07, 6.45) is 3.54. The van der Waals surface area contributed by atoms with Crippen LogP contribution in [0.2, 0.25) is 0 Å². The molecular formula is C28H27N8O. The number of anilines is 5. The lowest BCUT2D eigenvalue weighted by molar-refractivity contribution is 0.122. The minimum atomic E-state index is 0.534. The standard InChI is InChI=1S/C28H27N8O/c1-19-27(32-20-9-11-21(12-10-20)36-14-16-37-17-15-36)34-28(33-24-8-3-4-13-29-24)26(31-19)22-6-5-7-23-25(22)30-18-35(23)2/h3-13,18H,1,14-17H2,2H3,(H2,29,32,33,34). The predicted molar refractivity (Wildman–Crippen MR) is 146 cm³/mol. The molecule has 2 N–H and O–H groups in total. The van der Waals surface area contributed by atoms with E-state index in [1.165, 1.54) is 5.69 Å². The molecule has 5 aromatic rings. The van der Waals surface area contributed by atoms with E-state index in [0.717, 1.165) is 48.6 Å². The maximum atomic E-state index is 5.47. The van der Waals surface area contributed by atoms with Gasteiger partial charge in [0.05, 0.1) is 36.3 Å². The first-order valence-corrected chi connectivity index (χ1v) is 12.2. The van der Waals surface area contributed by atoms with Crippen molar-refractivity contribution in [2.75, 3.05) is 41.8 Å². The first-order valence-electron chi connectivity index (χ1n) is 12.2. The highest BCUT2D eigenvalue weighted by atomic mass is 16.5. The number of hydrogen-bond acceptors (Lipinski definition) is 8. The molecule has 6 rings (SSSR count). The van der Waals surface area contributed by atoms with E-state index < -0.39 is 0 Å². The molecular weight excluding hydrogens is 464 g/mol. The zero-order chi connectivity index (χ0) is 25.2. The van der Waals surface area contributed by atoms with Crippen molar-refractivity contribution in [3.8, 4) is 11.3 Å². The Hall–Kier alpha value is -4.50. The Bertz CT molecular complexity index is 1530. The molecule has 0 saturated carbocycles. The Morgan fingerprint density at radius 2 is 1.70 bits per heavy atom. The summed E-state index contributed by atoms with van der Waals surface area (Å²) in [5.74, 6) is 1.80. The molecule has 0 spiro atoms. The van der Waals surface area contributed by atoms with Gasteiger partial charge in [-0.05, 0) is 49.4 Å². The molecule has 0 aliphatic carbocycles. The topological polar surface area (TPSA) is 93.0 Å². The van der Waals surface area contributed by atoms with Gasteiger partial charge in [0, 0.05) is 43.3 Å². The smallest absolute Gasteiger partial charge is 0.160 e. The number of aryl methyl sites for hydroxylation is 1. The summed E-state index contributed by atoms with van der Waals surface area (Å²) in [6.45, 7) is 7.50. The fraction of sp³-hybridized carbons (Fsp3) is 0.179. The van der Waals surface area contributed by atoms with E-state index in [1.807, 2.05) is 60.1 Å². The van der Waals surface area contributed by atoms with Crippen molar-refractivity contribution in [2.24, 2.45) is 7.05 Å². The molecule has 37 heavy (non-hydrogen) atoms. The number of fused-ring (bicyclic) bond motifs is 1. The number of ether oxygens (including phenoxy) is 1. The third kappa shape index (κ3) is 4.68. The van der Waals surface area contributed by atoms with E-state index in [0.29, 0.717) is 28.8 Å². The lowest BCUT2D eigenvalue weighted by atomic mass is 10.1. The fourth-order valence-corrected chi connectivity index (χ4v) is 4.47. The molecule has 4 heterocycles. The highest BCUT2D eigenvalue weighted by Crippen LogP contribution is 2.34. The van der Waals surface area contributed by atoms with Gasteiger partial charge < -0.3 is 24.8 Å². The minimum absolute atomic E-state index is 0.534. The number of imidazole rings is 1. The van der Waals surface area contributed by atoms with Crippen molar-refractivity contribution in [3.63, 3.8) is 0 Å². The van der Waals surface area contributed by atoms with Crippen LogP contribution in [0.15, 0.2) is 73.2 Å². The van der Waals surface area contributed by atoms with Crippen LogP contribution in [0.4, 0.5) is 28.8 Å². The summed E-state index contributed by atoms with van der Waals surface area (Å²) in [5.41, 5.74) is 6.00. The zero-order valence-corrected chi connectivity index (χ0v) is 20.6. The summed E-state index contributed by atoms with van der Waals surface area (Å²) in [4.78, 5) is 21.2. The molecule has 0 unspecified atom stereocenters. The van der Waals surface area contributed by atoms with Gasteiger partial charge in [-0.1, -0.05) is 18.2 Å². The molecule has 2 aromatic carbocycles. The lowest BCUT2D eigenvalue weighted by Gasteiger charge is -2.29. The van der Waals surface area contributed by atoms with Crippen LogP contribution in [-0.2, 0) is 11.8 Å². The van der Waals surface area contributed by atoms with Crippen LogP contribution in [0.5, 0.6) is 0 Å². The maximum Gasteiger partial charge on any atom is 0.160 e. The SMILES string of the molecule is [CH2]c1nc(-c2cccc3c2ncn3C)c(Nc2ccccn2)nc1Nc1ccc(N2CCOCC2)cc1. The fourth-order valence-electron chi connectivity index (χ4n) is 4.47. The quantitative estimate of drug-likeness (QED) is 0.345.